The summed E-state index contributed by atoms with van der Waals surface area (Å²) in [4.78, 5) is 13.8. The van der Waals surface area contributed by atoms with Crippen LogP contribution in [0.1, 0.15) is 15.9 Å². The minimum absolute atomic E-state index is 0.0195. The van der Waals surface area contributed by atoms with E-state index in [-0.39, 0.29) is 5.91 Å². The van der Waals surface area contributed by atoms with Crippen LogP contribution in [-0.4, -0.2) is 44.7 Å². The first-order chi connectivity index (χ1) is 8.20. The predicted molar refractivity (Wildman–Crippen MR) is 68.0 cm³/mol. The monoisotopic (exact) mass is 236 g/mol. The Balaban J connectivity index is 2.80. The highest BCUT2D eigenvalue weighted by atomic mass is 16.5. The van der Waals surface area contributed by atoms with Gasteiger partial charge in [0.25, 0.3) is 5.91 Å². The lowest BCUT2D eigenvalue weighted by molar-refractivity contribution is 0.0743. The van der Waals surface area contributed by atoms with Crippen LogP contribution in [0.25, 0.3) is 0 Å². The van der Waals surface area contributed by atoms with Gasteiger partial charge in [-0.3, -0.25) is 4.79 Å². The number of hydrogen-bond acceptors (Lipinski definition) is 3. The molecule has 0 fully saturated rings. The van der Waals surface area contributed by atoms with Gasteiger partial charge >= 0.3 is 0 Å². The zero-order valence-electron chi connectivity index (χ0n) is 10.5. The molecule has 4 nitrogen and oxygen atoms in total. The van der Waals surface area contributed by atoms with Crippen molar-refractivity contribution in [3.8, 4) is 0 Å². The van der Waals surface area contributed by atoms with Gasteiger partial charge in [-0.25, -0.2) is 0 Å². The number of nitrogens with zero attached hydrogens (tertiary/aromatic N) is 1. The first-order valence-corrected chi connectivity index (χ1v) is 5.73. The second-order valence-electron chi connectivity index (χ2n) is 3.92. The van der Waals surface area contributed by atoms with Crippen molar-refractivity contribution in [2.45, 2.75) is 6.42 Å². The van der Waals surface area contributed by atoms with Gasteiger partial charge in [-0.2, -0.15) is 0 Å². The molecule has 0 aliphatic rings. The Hall–Kier alpha value is -1.39. The summed E-state index contributed by atoms with van der Waals surface area (Å²) in [6, 6.07) is 7.59. The molecule has 0 unspecified atom stereocenters. The van der Waals surface area contributed by atoms with E-state index in [0.29, 0.717) is 19.7 Å². The summed E-state index contributed by atoms with van der Waals surface area (Å²) in [7, 11) is 3.40. The third-order valence-corrected chi connectivity index (χ3v) is 2.64. The van der Waals surface area contributed by atoms with Crippen LogP contribution in [0.5, 0.6) is 0 Å². The maximum absolute atomic E-state index is 12.2. The van der Waals surface area contributed by atoms with Crippen LogP contribution in [0.2, 0.25) is 0 Å². The summed E-state index contributed by atoms with van der Waals surface area (Å²) in [5.74, 6) is 0.0195. The van der Waals surface area contributed by atoms with Crippen molar-refractivity contribution in [2.24, 2.45) is 5.73 Å². The lowest BCUT2D eigenvalue weighted by Crippen LogP contribution is -2.30. The molecular weight excluding hydrogens is 216 g/mol. The average molecular weight is 236 g/mol. The largest absolute Gasteiger partial charge is 0.383 e. The van der Waals surface area contributed by atoms with Crippen molar-refractivity contribution in [3.05, 3.63) is 35.4 Å². The van der Waals surface area contributed by atoms with Gasteiger partial charge < -0.3 is 15.4 Å². The van der Waals surface area contributed by atoms with Crippen molar-refractivity contribution >= 4 is 5.91 Å². The topological polar surface area (TPSA) is 55.6 Å². The molecule has 1 aromatic rings. The van der Waals surface area contributed by atoms with Crippen LogP contribution >= 0.6 is 0 Å². The Morgan fingerprint density at radius 2 is 2.12 bits per heavy atom. The highest BCUT2D eigenvalue weighted by Gasteiger charge is 2.14. The van der Waals surface area contributed by atoms with E-state index < -0.39 is 0 Å². The van der Waals surface area contributed by atoms with E-state index >= 15 is 0 Å². The summed E-state index contributed by atoms with van der Waals surface area (Å²) in [5, 5.41) is 0. The van der Waals surface area contributed by atoms with E-state index in [9.17, 15) is 4.79 Å². The number of hydrogen-bond donors (Lipinski definition) is 1. The average Bonchev–Trinajstić information content (AvgIpc) is 2.36. The standard InChI is InChI=1S/C13H20N2O2/c1-15(9-10-17-2)13(16)12-6-4-3-5-11(12)7-8-14/h3-6H,7-10,14H2,1-2H3. The zero-order valence-corrected chi connectivity index (χ0v) is 10.5. The molecule has 0 saturated heterocycles. The molecule has 0 aliphatic heterocycles. The first-order valence-electron chi connectivity index (χ1n) is 5.73. The van der Waals surface area contributed by atoms with E-state index in [1.807, 2.05) is 24.3 Å². The molecule has 0 aliphatic carbocycles. The SMILES string of the molecule is COCCN(C)C(=O)c1ccccc1CCN. The molecule has 1 rings (SSSR count). The van der Waals surface area contributed by atoms with Gasteiger partial charge in [0.05, 0.1) is 6.61 Å². The molecule has 0 radical (unpaired) electrons. The van der Waals surface area contributed by atoms with E-state index in [2.05, 4.69) is 0 Å². The lowest BCUT2D eigenvalue weighted by Gasteiger charge is -2.18. The maximum atomic E-state index is 12.2. The lowest BCUT2D eigenvalue weighted by atomic mass is 10.0. The number of carbonyl (C=O) groups excluding carboxylic acids is 1. The van der Waals surface area contributed by atoms with E-state index in [4.69, 9.17) is 10.5 Å². The number of nitrogens with two attached hydrogens (primary N) is 1. The minimum Gasteiger partial charge on any atom is -0.383 e. The molecule has 4 heteroatoms. The molecule has 0 atom stereocenters. The van der Waals surface area contributed by atoms with Crippen molar-refractivity contribution < 1.29 is 9.53 Å². The second-order valence-corrected chi connectivity index (χ2v) is 3.92. The number of carbonyl (C=O) groups is 1. The Morgan fingerprint density at radius 3 is 2.76 bits per heavy atom. The van der Waals surface area contributed by atoms with E-state index in [1.54, 1.807) is 19.1 Å². The first kappa shape index (κ1) is 13.7. The van der Waals surface area contributed by atoms with Gasteiger partial charge in [-0.15, -0.1) is 0 Å². The van der Waals surface area contributed by atoms with Crippen LogP contribution < -0.4 is 5.73 Å². The van der Waals surface area contributed by atoms with Crippen LogP contribution in [-0.2, 0) is 11.2 Å². The summed E-state index contributed by atoms with van der Waals surface area (Å²) in [5.41, 5.74) is 7.28. The molecule has 2 N–H and O–H groups in total. The Labute approximate surface area is 102 Å². The number of rotatable bonds is 6. The summed E-state index contributed by atoms with van der Waals surface area (Å²) in [6.07, 6.45) is 0.722. The van der Waals surface area contributed by atoms with Crippen molar-refractivity contribution in [1.29, 1.82) is 0 Å². The van der Waals surface area contributed by atoms with Crippen LogP contribution in [0.3, 0.4) is 0 Å². The van der Waals surface area contributed by atoms with Crippen LogP contribution in [0, 0.1) is 0 Å². The molecule has 94 valence electrons. The Morgan fingerprint density at radius 1 is 1.41 bits per heavy atom. The van der Waals surface area contributed by atoms with Crippen LogP contribution in [0.4, 0.5) is 0 Å². The van der Waals surface area contributed by atoms with Crippen molar-refractivity contribution in [2.75, 3.05) is 33.9 Å². The summed E-state index contributed by atoms with van der Waals surface area (Å²) >= 11 is 0. The number of methoxy groups -OCH3 is 1. The third kappa shape index (κ3) is 3.84. The highest BCUT2D eigenvalue weighted by molar-refractivity contribution is 5.95. The smallest absolute Gasteiger partial charge is 0.253 e. The van der Waals surface area contributed by atoms with Gasteiger partial charge in [0, 0.05) is 26.3 Å². The molecule has 0 aromatic heterocycles. The summed E-state index contributed by atoms with van der Waals surface area (Å²) in [6.45, 7) is 1.68. The maximum Gasteiger partial charge on any atom is 0.253 e. The number of likely N-dealkylation sites (N-methyl/N-ethyl adjacent to an activating group) is 1. The zero-order chi connectivity index (χ0) is 12.7. The van der Waals surface area contributed by atoms with Crippen molar-refractivity contribution in [3.63, 3.8) is 0 Å². The van der Waals surface area contributed by atoms with Gasteiger partial charge in [0.15, 0.2) is 0 Å². The molecule has 17 heavy (non-hydrogen) atoms. The number of ether oxygens (including phenoxy) is 1. The predicted octanol–water partition coefficient (Wildman–Crippen LogP) is 0.906. The van der Waals surface area contributed by atoms with Crippen molar-refractivity contribution in [1.82, 2.24) is 4.90 Å². The Bertz CT molecular complexity index is 366. The molecular formula is C13H20N2O2. The Kier molecular flexibility index (Phi) is 5.66. The molecule has 0 spiro atoms. The fourth-order valence-electron chi connectivity index (χ4n) is 1.64. The van der Waals surface area contributed by atoms with Gasteiger partial charge in [-0.05, 0) is 24.6 Å². The number of amides is 1. The summed E-state index contributed by atoms with van der Waals surface area (Å²) < 4.78 is 4.96. The van der Waals surface area contributed by atoms with E-state index in [0.717, 1.165) is 17.5 Å². The normalized spacial score (nSPS) is 10.3. The fraction of sp³-hybridized carbons (Fsp3) is 0.462. The van der Waals surface area contributed by atoms with E-state index in [1.165, 1.54) is 0 Å². The quantitative estimate of drug-likeness (QED) is 0.798. The molecule has 0 saturated carbocycles. The number of benzene rings is 1. The fourth-order valence-corrected chi connectivity index (χ4v) is 1.64. The molecule has 1 amide bonds. The molecule has 0 heterocycles. The third-order valence-electron chi connectivity index (χ3n) is 2.64. The van der Waals surface area contributed by atoms with Gasteiger partial charge in [0.2, 0.25) is 0 Å². The second kappa shape index (κ2) is 7.04. The highest BCUT2D eigenvalue weighted by Crippen LogP contribution is 2.11. The molecule has 0 bridgehead atoms. The van der Waals surface area contributed by atoms with Gasteiger partial charge in [-0.1, -0.05) is 18.2 Å². The molecule has 1 aromatic carbocycles. The van der Waals surface area contributed by atoms with Gasteiger partial charge in [0.1, 0.15) is 0 Å². The van der Waals surface area contributed by atoms with Crippen LogP contribution in [0.15, 0.2) is 24.3 Å². The minimum atomic E-state index is 0.0195.